The van der Waals surface area contributed by atoms with Gasteiger partial charge in [-0.15, -0.1) is 0 Å². The van der Waals surface area contributed by atoms with Crippen LogP contribution in [0.5, 0.6) is 0 Å². The van der Waals surface area contributed by atoms with Crippen LogP contribution in [0.3, 0.4) is 0 Å². The summed E-state index contributed by atoms with van der Waals surface area (Å²) in [6, 6.07) is 21.2. The standard InChI is InChI=1S/C27H29N3O/c1-19-5-3-4-6-25(19)26(18-27(30-31)24-13-16-29-20(2)17-24)23-9-7-21(8-10-23)22-11-14-28-15-12-22/h3-11,13,16-17,26,28,31H,12,14-15,18H2,1-2H3. The van der Waals surface area contributed by atoms with Crippen molar-refractivity contribution in [1.29, 1.82) is 0 Å². The summed E-state index contributed by atoms with van der Waals surface area (Å²) >= 11 is 0. The number of hydrogen-bond donors (Lipinski definition) is 2. The van der Waals surface area contributed by atoms with E-state index in [4.69, 9.17) is 0 Å². The summed E-state index contributed by atoms with van der Waals surface area (Å²) in [6.45, 7) is 6.06. The van der Waals surface area contributed by atoms with Gasteiger partial charge in [-0.2, -0.15) is 0 Å². The maximum Gasteiger partial charge on any atom is 0.0878 e. The van der Waals surface area contributed by atoms with E-state index >= 15 is 0 Å². The van der Waals surface area contributed by atoms with Crippen molar-refractivity contribution in [3.05, 3.63) is 106 Å². The molecule has 4 rings (SSSR count). The third-order valence-corrected chi connectivity index (χ3v) is 6.06. The maximum atomic E-state index is 9.85. The van der Waals surface area contributed by atoms with E-state index in [1.54, 1.807) is 6.20 Å². The first kappa shape index (κ1) is 21.0. The molecule has 0 bridgehead atoms. The summed E-state index contributed by atoms with van der Waals surface area (Å²) in [6.07, 6.45) is 5.71. The van der Waals surface area contributed by atoms with Gasteiger partial charge in [0.05, 0.1) is 5.71 Å². The largest absolute Gasteiger partial charge is 0.411 e. The van der Waals surface area contributed by atoms with Crippen LogP contribution >= 0.6 is 0 Å². The Morgan fingerprint density at radius 2 is 1.90 bits per heavy atom. The molecule has 0 radical (unpaired) electrons. The first-order valence-corrected chi connectivity index (χ1v) is 10.9. The van der Waals surface area contributed by atoms with Crippen molar-refractivity contribution >= 4 is 11.3 Å². The summed E-state index contributed by atoms with van der Waals surface area (Å²) in [5.74, 6) is 0.0941. The van der Waals surface area contributed by atoms with Crippen molar-refractivity contribution in [2.75, 3.05) is 13.1 Å². The molecular formula is C27H29N3O. The predicted octanol–water partition coefficient (Wildman–Crippen LogP) is 5.48. The zero-order valence-electron chi connectivity index (χ0n) is 18.2. The van der Waals surface area contributed by atoms with Crippen LogP contribution in [0.1, 0.15) is 52.3 Å². The number of rotatable bonds is 6. The number of aromatic nitrogens is 1. The van der Waals surface area contributed by atoms with Gasteiger partial charge in [0.1, 0.15) is 0 Å². The first-order chi connectivity index (χ1) is 15.2. The second kappa shape index (κ2) is 9.71. The van der Waals surface area contributed by atoms with Gasteiger partial charge >= 0.3 is 0 Å². The molecule has 2 N–H and O–H groups in total. The van der Waals surface area contributed by atoms with Crippen LogP contribution < -0.4 is 5.32 Å². The molecule has 3 aromatic rings. The Bertz CT molecular complexity index is 1100. The lowest BCUT2D eigenvalue weighted by molar-refractivity contribution is 0.317. The fourth-order valence-electron chi connectivity index (χ4n) is 4.33. The molecule has 0 amide bonds. The lowest BCUT2D eigenvalue weighted by atomic mass is 9.83. The molecule has 1 aliphatic rings. The minimum atomic E-state index is 0.0941. The van der Waals surface area contributed by atoms with Crippen LogP contribution in [0.15, 0.2) is 78.1 Å². The van der Waals surface area contributed by atoms with Gasteiger partial charge in [-0.25, -0.2) is 0 Å². The van der Waals surface area contributed by atoms with E-state index in [0.29, 0.717) is 12.1 Å². The molecule has 1 atom stereocenters. The lowest BCUT2D eigenvalue weighted by Crippen LogP contribution is -2.20. The molecule has 4 nitrogen and oxygen atoms in total. The predicted molar refractivity (Wildman–Crippen MR) is 127 cm³/mol. The summed E-state index contributed by atoms with van der Waals surface area (Å²) in [7, 11) is 0. The van der Waals surface area contributed by atoms with E-state index in [0.717, 1.165) is 30.8 Å². The average molecular weight is 412 g/mol. The van der Waals surface area contributed by atoms with Gasteiger partial charge in [-0.1, -0.05) is 59.8 Å². The quantitative estimate of drug-likeness (QED) is 0.321. The molecule has 1 aromatic heterocycles. The van der Waals surface area contributed by atoms with Gasteiger partial charge in [0.15, 0.2) is 0 Å². The summed E-state index contributed by atoms with van der Waals surface area (Å²) < 4.78 is 0. The van der Waals surface area contributed by atoms with Crippen molar-refractivity contribution in [1.82, 2.24) is 10.3 Å². The highest BCUT2D eigenvalue weighted by Crippen LogP contribution is 2.33. The van der Waals surface area contributed by atoms with E-state index in [9.17, 15) is 5.21 Å². The highest BCUT2D eigenvalue weighted by Gasteiger charge is 2.21. The van der Waals surface area contributed by atoms with E-state index in [-0.39, 0.29) is 5.92 Å². The van der Waals surface area contributed by atoms with Crippen molar-refractivity contribution in [3.8, 4) is 0 Å². The molecule has 0 spiro atoms. The number of hydrogen-bond acceptors (Lipinski definition) is 4. The zero-order chi connectivity index (χ0) is 21.6. The van der Waals surface area contributed by atoms with E-state index in [2.05, 4.69) is 77.0 Å². The second-order valence-corrected chi connectivity index (χ2v) is 8.15. The average Bonchev–Trinajstić information content (AvgIpc) is 2.81. The van der Waals surface area contributed by atoms with Crippen LogP contribution in [0.25, 0.3) is 5.57 Å². The molecule has 0 aliphatic carbocycles. The topological polar surface area (TPSA) is 57.5 Å². The number of oxime groups is 1. The third kappa shape index (κ3) is 4.92. The van der Waals surface area contributed by atoms with Gasteiger partial charge in [-0.05, 0) is 66.8 Å². The number of nitrogens with one attached hydrogen (secondary N) is 1. The minimum Gasteiger partial charge on any atom is -0.411 e. The Morgan fingerprint density at radius 3 is 2.58 bits per heavy atom. The van der Waals surface area contributed by atoms with Gasteiger partial charge < -0.3 is 10.5 Å². The SMILES string of the molecule is Cc1cc(C(CC(c2ccc(C3=CCNCC3)cc2)c2ccccc2C)=NO)ccn1. The summed E-state index contributed by atoms with van der Waals surface area (Å²) in [5, 5.41) is 16.9. The number of benzene rings is 2. The minimum absolute atomic E-state index is 0.0941. The molecule has 1 unspecified atom stereocenters. The molecule has 1 aliphatic heterocycles. The smallest absolute Gasteiger partial charge is 0.0878 e. The monoisotopic (exact) mass is 411 g/mol. The molecule has 31 heavy (non-hydrogen) atoms. The van der Waals surface area contributed by atoms with Crippen molar-refractivity contribution < 1.29 is 5.21 Å². The van der Waals surface area contributed by atoms with Crippen LogP contribution in [-0.4, -0.2) is 29.0 Å². The summed E-state index contributed by atoms with van der Waals surface area (Å²) in [4.78, 5) is 4.27. The van der Waals surface area contributed by atoms with Gasteiger partial charge in [0, 0.05) is 36.3 Å². The summed E-state index contributed by atoms with van der Waals surface area (Å²) in [5.41, 5.74) is 8.89. The van der Waals surface area contributed by atoms with Crippen molar-refractivity contribution in [2.24, 2.45) is 5.16 Å². The van der Waals surface area contributed by atoms with Gasteiger partial charge in [-0.3, -0.25) is 4.98 Å². The number of nitrogens with zero attached hydrogens (tertiary/aromatic N) is 2. The van der Waals surface area contributed by atoms with E-state index in [1.165, 1.54) is 27.8 Å². The van der Waals surface area contributed by atoms with Crippen molar-refractivity contribution in [3.63, 3.8) is 0 Å². The molecule has 0 fully saturated rings. The van der Waals surface area contributed by atoms with Crippen LogP contribution in [0.2, 0.25) is 0 Å². The molecule has 0 saturated carbocycles. The first-order valence-electron chi connectivity index (χ1n) is 10.9. The molecule has 2 heterocycles. The molecule has 4 heteroatoms. The molecule has 158 valence electrons. The number of aryl methyl sites for hydroxylation is 2. The lowest BCUT2D eigenvalue weighted by Gasteiger charge is -2.22. The highest BCUT2D eigenvalue weighted by molar-refractivity contribution is 6.01. The Balaban J connectivity index is 1.70. The Kier molecular flexibility index (Phi) is 6.58. The normalized spacial score (nSPS) is 15.4. The van der Waals surface area contributed by atoms with E-state index in [1.807, 2.05) is 19.1 Å². The fourth-order valence-corrected chi connectivity index (χ4v) is 4.33. The highest BCUT2D eigenvalue weighted by atomic mass is 16.4. The Labute approximate surface area is 184 Å². The van der Waals surface area contributed by atoms with E-state index < -0.39 is 0 Å². The third-order valence-electron chi connectivity index (χ3n) is 6.06. The van der Waals surface area contributed by atoms with Crippen LogP contribution in [0.4, 0.5) is 0 Å². The fraction of sp³-hybridized carbons (Fsp3) is 0.259. The van der Waals surface area contributed by atoms with Crippen LogP contribution in [0, 0.1) is 13.8 Å². The molecule has 0 saturated heterocycles. The molecule has 2 aromatic carbocycles. The van der Waals surface area contributed by atoms with Crippen LogP contribution in [-0.2, 0) is 0 Å². The van der Waals surface area contributed by atoms with Gasteiger partial charge in [0.25, 0.3) is 0 Å². The van der Waals surface area contributed by atoms with Crippen molar-refractivity contribution in [2.45, 2.75) is 32.6 Å². The second-order valence-electron chi connectivity index (χ2n) is 8.15. The number of pyridine rings is 1. The Hall–Kier alpha value is -3.24. The van der Waals surface area contributed by atoms with Gasteiger partial charge in [0.2, 0.25) is 0 Å². The zero-order valence-corrected chi connectivity index (χ0v) is 18.2. The molecular weight excluding hydrogens is 382 g/mol. The maximum absolute atomic E-state index is 9.85. The Morgan fingerprint density at radius 1 is 1.10 bits per heavy atom.